The molecule has 8 nitrogen and oxygen atoms in total. The number of anilines is 1. The van der Waals surface area contributed by atoms with Crippen LogP contribution in [-0.2, 0) is 24.9 Å². The minimum Gasteiger partial charge on any atom is -0.497 e. The summed E-state index contributed by atoms with van der Waals surface area (Å²) in [5.74, 6) is 2.75. The lowest BCUT2D eigenvalue weighted by Crippen LogP contribution is -2.21. The number of hydrogen-bond donors (Lipinski definition) is 1. The van der Waals surface area contributed by atoms with Gasteiger partial charge in [-0.25, -0.2) is 0 Å². The highest BCUT2D eigenvalue weighted by molar-refractivity contribution is 5.58. The van der Waals surface area contributed by atoms with Crippen molar-refractivity contribution in [3.63, 3.8) is 0 Å². The van der Waals surface area contributed by atoms with E-state index in [-0.39, 0.29) is 0 Å². The largest absolute Gasteiger partial charge is 0.497 e. The fraction of sp³-hybridized carbons (Fsp3) is 0.385. The van der Waals surface area contributed by atoms with Gasteiger partial charge >= 0.3 is 0 Å². The molecule has 8 heteroatoms. The molecule has 0 unspecified atom stereocenters. The number of carbonyl (C=O) groups is 1. The van der Waals surface area contributed by atoms with E-state index in [9.17, 15) is 4.79 Å². The van der Waals surface area contributed by atoms with Crippen LogP contribution in [0.15, 0.2) is 42.5 Å². The molecule has 1 aliphatic rings. The molecular weight excluding hydrogens is 432 g/mol. The average molecular weight is 467 g/mol. The molecule has 0 atom stereocenters. The maximum Gasteiger partial charge on any atom is 0.210 e. The van der Waals surface area contributed by atoms with Crippen molar-refractivity contribution in [1.29, 1.82) is 0 Å². The van der Waals surface area contributed by atoms with E-state index < -0.39 is 0 Å². The van der Waals surface area contributed by atoms with Crippen molar-refractivity contribution in [3.8, 4) is 17.2 Å². The summed E-state index contributed by atoms with van der Waals surface area (Å²) in [6.07, 6.45) is 3.49. The molecule has 2 aromatic carbocycles. The summed E-state index contributed by atoms with van der Waals surface area (Å²) >= 11 is 0. The summed E-state index contributed by atoms with van der Waals surface area (Å²) in [7, 11) is 6.75. The lowest BCUT2D eigenvalue weighted by molar-refractivity contribution is -0.119. The molecule has 1 aromatic heterocycles. The van der Waals surface area contributed by atoms with E-state index in [2.05, 4.69) is 18.1 Å². The average Bonchev–Trinajstić information content (AvgIpc) is 3.64. The highest BCUT2D eigenvalue weighted by atomic mass is 16.5. The predicted molar refractivity (Wildman–Crippen MR) is 132 cm³/mol. The number of aromatic nitrogens is 2. The first-order chi connectivity index (χ1) is 16.4. The van der Waals surface area contributed by atoms with Gasteiger partial charge in [0.25, 0.3) is 0 Å². The van der Waals surface area contributed by atoms with Gasteiger partial charge in [0.1, 0.15) is 17.2 Å². The van der Waals surface area contributed by atoms with Crippen molar-refractivity contribution in [2.45, 2.75) is 38.8 Å². The second-order valence-corrected chi connectivity index (χ2v) is 8.34. The molecule has 1 aliphatic carbocycles. The third kappa shape index (κ3) is 6.21. The van der Waals surface area contributed by atoms with Crippen LogP contribution >= 0.6 is 0 Å². The van der Waals surface area contributed by atoms with Crippen LogP contribution in [0.4, 0.5) is 5.69 Å². The Kier molecular flexibility index (Phi) is 8.40. The van der Waals surface area contributed by atoms with E-state index in [1.807, 2.05) is 36.0 Å². The number of nitrogen functional groups attached to an aromatic ring is 1. The van der Waals surface area contributed by atoms with Gasteiger partial charge in [0.15, 0.2) is 0 Å². The zero-order valence-corrected chi connectivity index (χ0v) is 20.6. The second-order valence-electron chi connectivity index (χ2n) is 8.34. The molecule has 1 saturated carbocycles. The summed E-state index contributed by atoms with van der Waals surface area (Å²) in [5.41, 5.74) is 10.7. The van der Waals surface area contributed by atoms with E-state index in [1.165, 1.54) is 24.2 Å². The molecule has 1 amide bonds. The number of nitrogens with zero attached hydrogens (tertiary/aromatic N) is 3. The number of nitrogens with two attached hydrogens (primary N) is 1. The number of carbonyl (C=O) groups excluding carboxylic acids is 1. The van der Waals surface area contributed by atoms with Gasteiger partial charge in [-0.3, -0.25) is 9.48 Å². The van der Waals surface area contributed by atoms with Gasteiger partial charge in [-0.2, -0.15) is 5.10 Å². The van der Waals surface area contributed by atoms with E-state index in [0.717, 1.165) is 23.5 Å². The monoisotopic (exact) mass is 466 g/mol. The fourth-order valence-corrected chi connectivity index (χ4v) is 3.70. The number of para-hydroxylation sites is 1. The van der Waals surface area contributed by atoms with Crippen molar-refractivity contribution in [2.75, 3.05) is 27.1 Å². The van der Waals surface area contributed by atoms with Gasteiger partial charge < -0.3 is 24.8 Å². The number of ether oxygens (including phenoxy) is 3. The van der Waals surface area contributed by atoms with Gasteiger partial charge in [-0.05, 0) is 44.0 Å². The van der Waals surface area contributed by atoms with Gasteiger partial charge in [0.2, 0.25) is 6.41 Å². The summed E-state index contributed by atoms with van der Waals surface area (Å²) in [4.78, 5) is 13.1. The fourth-order valence-electron chi connectivity index (χ4n) is 3.70. The van der Waals surface area contributed by atoms with Crippen LogP contribution in [0.2, 0.25) is 0 Å². The third-order valence-corrected chi connectivity index (χ3v) is 5.85. The number of hydrogen-bond acceptors (Lipinski definition) is 6. The normalized spacial score (nSPS) is 12.4. The Morgan fingerprint density at radius 1 is 1.06 bits per heavy atom. The molecule has 0 radical (unpaired) electrons. The number of methoxy groups -OCH3 is 3. The van der Waals surface area contributed by atoms with Gasteiger partial charge in [0.05, 0.1) is 32.7 Å². The Labute approximate surface area is 201 Å². The highest BCUT2D eigenvalue weighted by Crippen LogP contribution is 2.39. The quantitative estimate of drug-likeness (QED) is 0.378. The first kappa shape index (κ1) is 25.0. The second kappa shape index (κ2) is 11.4. The zero-order chi connectivity index (χ0) is 24.7. The molecule has 1 fully saturated rings. The Bertz CT molecular complexity index is 1090. The van der Waals surface area contributed by atoms with Crippen LogP contribution in [0.5, 0.6) is 17.2 Å². The molecule has 0 spiro atoms. The lowest BCUT2D eigenvalue weighted by atomic mass is 10.1. The molecule has 0 saturated heterocycles. The maximum atomic E-state index is 11.5. The topological polar surface area (TPSA) is 91.8 Å². The van der Waals surface area contributed by atoms with Crippen molar-refractivity contribution in [3.05, 3.63) is 65.0 Å². The molecule has 0 bridgehead atoms. The Balaban J connectivity index is 0.000000266. The predicted octanol–water partition coefficient (Wildman–Crippen LogP) is 4.06. The molecule has 34 heavy (non-hydrogen) atoms. The van der Waals surface area contributed by atoms with Crippen LogP contribution in [0.3, 0.4) is 0 Å². The Hall–Kier alpha value is -3.68. The van der Waals surface area contributed by atoms with Gasteiger partial charge in [-0.15, -0.1) is 0 Å². The first-order valence-electron chi connectivity index (χ1n) is 11.2. The van der Waals surface area contributed by atoms with Gasteiger partial charge in [0, 0.05) is 48.9 Å². The van der Waals surface area contributed by atoms with Crippen LogP contribution in [0.1, 0.15) is 41.3 Å². The third-order valence-electron chi connectivity index (χ3n) is 5.85. The van der Waals surface area contributed by atoms with Crippen molar-refractivity contribution in [2.24, 2.45) is 7.05 Å². The number of aryl methyl sites for hydroxylation is 2. The summed E-state index contributed by atoms with van der Waals surface area (Å²) in [6.45, 7) is 2.88. The number of benzene rings is 2. The molecule has 1 heterocycles. The van der Waals surface area contributed by atoms with Crippen LogP contribution in [-0.4, -0.2) is 42.4 Å². The molecule has 4 rings (SSSR count). The van der Waals surface area contributed by atoms with Crippen molar-refractivity contribution in [1.82, 2.24) is 14.7 Å². The highest BCUT2D eigenvalue weighted by Gasteiger charge is 2.26. The van der Waals surface area contributed by atoms with E-state index in [1.54, 1.807) is 38.4 Å². The van der Waals surface area contributed by atoms with Crippen LogP contribution in [0, 0.1) is 6.92 Å². The lowest BCUT2D eigenvalue weighted by Gasteiger charge is -2.21. The summed E-state index contributed by atoms with van der Waals surface area (Å²) < 4.78 is 17.9. The molecule has 182 valence electrons. The van der Waals surface area contributed by atoms with Gasteiger partial charge in [-0.1, -0.05) is 12.1 Å². The minimum atomic E-state index is 0.382. The van der Waals surface area contributed by atoms with E-state index in [0.29, 0.717) is 36.0 Å². The first-order valence-corrected chi connectivity index (χ1v) is 11.2. The minimum absolute atomic E-state index is 0.382. The van der Waals surface area contributed by atoms with E-state index in [4.69, 9.17) is 19.9 Å². The molecule has 0 aliphatic heterocycles. The zero-order valence-electron chi connectivity index (χ0n) is 20.6. The standard InChI is InChI=1S/C18H22N2O4.C8H12N2/c1-22-15-8-7-13(17(9-15)23-2)10-20(12-21)11-14-5-4-6-16(19)18(14)24-3;1-6-5-8(7-3-4-7)9-10(6)2/h4-9,12H,10-11,19H2,1-3H3;5,7H,3-4H2,1-2H3. The van der Waals surface area contributed by atoms with E-state index >= 15 is 0 Å². The summed E-state index contributed by atoms with van der Waals surface area (Å²) in [6, 6.07) is 13.2. The smallest absolute Gasteiger partial charge is 0.210 e. The number of amides is 1. The van der Waals surface area contributed by atoms with Crippen LogP contribution < -0.4 is 19.9 Å². The summed E-state index contributed by atoms with van der Waals surface area (Å²) in [5, 5.41) is 4.39. The van der Waals surface area contributed by atoms with Crippen molar-refractivity contribution < 1.29 is 19.0 Å². The SMILES string of the molecule is COc1ccc(CN(C=O)Cc2cccc(N)c2OC)c(OC)c1.Cc1cc(C2CC2)nn1C. The Morgan fingerprint density at radius 2 is 1.79 bits per heavy atom. The Morgan fingerprint density at radius 3 is 2.35 bits per heavy atom. The number of rotatable bonds is 9. The van der Waals surface area contributed by atoms with Crippen LogP contribution in [0.25, 0.3) is 0 Å². The van der Waals surface area contributed by atoms with Crippen molar-refractivity contribution >= 4 is 12.1 Å². The molecular formula is C26H34N4O4. The molecule has 3 aromatic rings. The maximum absolute atomic E-state index is 11.5. The molecule has 2 N–H and O–H groups in total.